The zero-order valence-corrected chi connectivity index (χ0v) is 11.4. The van der Waals surface area contributed by atoms with Crippen LogP contribution in [0.2, 0.25) is 0 Å². The van der Waals surface area contributed by atoms with E-state index in [4.69, 9.17) is 12.2 Å². The second-order valence-corrected chi connectivity index (χ2v) is 5.66. The van der Waals surface area contributed by atoms with E-state index in [0.29, 0.717) is 10.6 Å². The van der Waals surface area contributed by atoms with Gasteiger partial charge in [-0.15, -0.1) is 0 Å². The molecule has 1 fully saturated rings. The molecule has 0 saturated heterocycles. The number of hydrogen-bond donors (Lipinski definition) is 1. The molecule has 2 nitrogen and oxygen atoms in total. The number of H-pyrrole nitrogens is 1. The highest BCUT2D eigenvalue weighted by Crippen LogP contribution is 2.36. The molecular formula is C11H15BrN2S. The first-order valence-corrected chi connectivity index (χ1v) is 6.54. The molecule has 1 aliphatic carbocycles. The Hall–Kier alpha value is -0.220. The van der Waals surface area contributed by atoms with Gasteiger partial charge < -0.3 is 4.98 Å². The topological polar surface area (TPSA) is 28.7 Å². The molecule has 1 aromatic rings. The number of nitrogens with one attached hydrogen (secondary N) is 1. The first kappa shape index (κ1) is 11.3. The quantitative estimate of drug-likeness (QED) is 0.787. The summed E-state index contributed by atoms with van der Waals surface area (Å²) in [6.45, 7) is 4.34. The zero-order valence-electron chi connectivity index (χ0n) is 9.01. The van der Waals surface area contributed by atoms with Gasteiger partial charge in [0.05, 0.1) is 4.47 Å². The maximum atomic E-state index is 5.22. The van der Waals surface area contributed by atoms with Crippen LogP contribution < -0.4 is 0 Å². The summed E-state index contributed by atoms with van der Waals surface area (Å²) in [5, 5.41) is 0. The highest BCUT2D eigenvalue weighted by atomic mass is 79.9. The molecule has 2 atom stereocenters. The van der Waals surface area contributed by atoms with Crippen molar-refractivity contribution >= 4 is 28.1 Å². The molecule has 4 heteroatoms. The molecule has 1 heterocycles. The molecule has 82 valence electrons. The molecule has 2 rings (SSSR count). The molecule has 1 aromatic heterocycles. The van der Waals surface area contributed by atoms with Crippen LogP contribution in [-0.4, -0.2) is 9.97 Å². The highest BCUT2D eigenvalue weighted by molar-refractivity contribution is 9.10. The van der Waals surface area contributed by atoms with Gasteiger partial charge in [0, 0.05) is 11.6 Å². The van der Waals surface area contributed by atoms with Crippen LogP contribution in [-0.2, 0) is 0 Å². The Bertz CT molecular complexity index is 427. The van der Waals surface area contributed by atoms with E-state index in [0.717, 1.165) is 21.9 Å². The summed E-state index contributed by atoms with van der Waals surface area (Å²) in [6.07, 6.45) is 3.78. The lowest BCUT2D eigenvalue weighted by Gasteiger charge is -2.10. The van der Waals surface area contributed by atoms with Crippen molar-refractivity contribution < 1.29 is 0 Å². The predicted octanol–water partition coefficient (Wildman–Crippen LogP) is 4.11. The van der Waals surface area contributed by atoms with Crippen molar-refractivity contribution in [1.29, 1.82) is 0 Å². The van der Waals surface area contributed by atoms with Crippen LogP contribution in [0.5, 0.6) is 0 Å². The Morgan fingerprint density at radius 2 is 2.20 bits per heavy atom. The minimum atomic E-state index is 0.577. The van der Waals surface area contributed by atoms with Crippen molar-refractivity contribution in [2.75, 3.05) is 0 Å². The van der Waals surface area contributed by atoms with Crippen molar-refractivity contribution in [2.24, 2.45) is 5.92 Å². The van der Waals surface area contributed by atoms with Gasteiger partial charge in [-0.1, -0.05) is 19.1 Å². The lowest BCUT2D eigenvalue weighted by Crippen LogP contribution is -2.03. The molecule has 0 radical (unpaired) electrons. The first-order valence-electron chi connectivity index (χ1n) is 5.34. The van der Waals surface area contributed by atoms with E-state index in [2.05, 4.69) is 32.8 Å². The molecule has 0 bridgehead atoms. The molecule has 1 aliphatic rings. The third-order valence-corrected chi connectivity index (χ3v) is 4.66. The van der Waals surface area contributed by atoms with Crippen LogP contribution in [0.4, 0.5) is 0 Å². The first-order chi connectivity index (χ1) is 7.08. The van der Waals surface area contributed by atoms with Crippen LogP contribution >= 0.6 is 28.1 Å². The summed E-state index contributed by atoms with van der Waals surface area (Å²) in [5.41, 5.74) is 1.09. The minimum Gasteiger partial charge on any atom is -0.346 e. The number of aryl methyl sites for hydroxylation is 1. The van der Waals surface area contributed by atoms with Crippen LogP contribution in [0.15, 0.2) is 4.47 Å². The number of hydrogen-bond acceptors (Lipinski definition) is 2. The Labute approximate surface area is 104 Å². The Morgan fingerprint density at radius 3 is 2.73 bits per heavy atom. The molecule has 0 aliphatic heterocycles. The van der Waals surface area contributed by atoms with E-state index in [-0.39, 0.29) is 0 Å². The van der Waals surface area contributed by atoms with Crippen LogP contribution in [0.25, 0.3) is 0 Å². The van der Waals surface area contributed by atoms with Gasteiger partial charge in [-0.2, -0.15) is 0 Å². The maximum absolute atomic E-state index is 5.22. The van der Waals surface area contributed by atoms with Gasteiger partial charge in [0.15, 0.2) is 0 Å². The van der Waals surface area contributed by atoms with Gasteiger partial charge in [0.2, 0.25) is 0 Å². The van der Waals surface area contributed by atoms with E-state index in [1.165, 1.54) is 19.3 Å². The summed E-state index contributed by atoms with van der Waals surface area (Å²) in [7, 11) is 0. The summed E-state index contributed by atoms with van der Waals surface area (Å²) < 4.78 is 1.60. The molecule has 0 amide bonds. The SMILES string of the molecule is Cc1[nH]c(C2CCC(C)C2)nc(=S)c1Br. The lowest BCUT2D eigenvalue weighted by molar-refractivity contribution is 0.583. The number of nitrogens with zero attached hydrogens (tertiary/aromatic N) is 1. The van der Waals surface area contributed by atoms with Crippen LogP contribution in [0.1, 0.15) is 43.6 Å². The Morgan fingerprint density at radius 1 is 1.47 bits per heavy atom. The van der Waals surface area contributed by atoms with Gasteiger partial charge in [-0.25, -0.2) is 4.98 Å². The molecular weight excluding hydrogens is 272 g/mol. The summed E-state index contributed by atoms with van der Waals surface area (Å²) in [6, 6.07) is 0. The zero-order chi connectivity index (χ0) is 11.0. The van der Waals surface area contributed by atoms with Crippen molar-refractivity contribution in [3.8, 4) is 0 Å². The highest BCUT2D eigenvalue weighted by Gasteiger charge is 2.24. The largest absolute Gasteiger partial charge is 0.346 e. The van der Waals surface area contributed by atoms with E-state index in [1.54, 1.807) is 0 Å². The van der Waals surface area contributed by atoms with Crippen LogP contribution in [0, 0.1) is 17.5 Å². The number of aromatic amines is 1. The van der Waals surface area contributed by atoms with Gasteiger partial charge in [-0.05, 0) is 48.0 Å². The fraction of sp³-hybridized carbons (Fsp3) is 0.636. The van der Waals surface area contributed by atoms with E-state index in [9.17, 15) is 0 Å². The standard InChI is InChI=1S/C11H15BrN2S/c1-6-3-4-8(5-6)10-13-7(2)9(12)11(15)14-10/h6,8H,3-5H2,1-2H3,(H,13,14,15). The van der Waals surface area contributed by atoms with Crippen molar-refractivity contribution in [1.82, 2.24) is 9.97 Å². The molecule has 0 aromatic carbocycles. The molecule has 0 spiro atoms. The summed E-state index contributed by atoms with van der Waals surface area (Å²) >= 11 is 8.65. The maximum Gasteiger partial charge on any atom is 0.144 e. The number of aromatic nitrogens is 2. The fourth-order valence-corrected chi connectivity index (χ4v) is 2.68. The Kier molecular flexibility index (Phi) is 3.26. The minimum absolute atomic E-state index is 0.577. The normalized spacial score (nSPS) is 25.8. The molecule has 1 saturated carbocycles. The fourth-order valence-electron chi connectivity index (χ4n) is 2.24. The Balaban J connectivity index is 2.34. The van der Waals surface area contributed by atoms with Crippen molar-refractivity contribution in [3.05, 3.63) is 20.6 Å². The lowest BCUT2D eigenvalue weighted by atomic mass is 10.1. The average Bonchev–Trinajstić information content (AvgIpc) is 2.60. The van der Waals surface area contributed by atoms with Crippen LogP contribution in [0.3, 0.4) is 0 Å². The predicted molar refractivity (Wildman–Crippen MR) is 67.6 cm³/mol. The second-order valence-electron chi connectivity index (χ2n) is 4.48. The monoisotopic (exact) mass is 286 g/mol. The molecule has 2 unspecified atom stereocenters. The third kappa shape index (κ3) is 2.31. The smallest absolute Gasteiger partial charge is 0.144 e. The second kappa shape index (κ2) is 4.34. The van der Waals surface area contributed by atoms with E-state index in [1.807, 2.05) is 6.92 Å². The third-order valence-electron chi connectivity index (χ3n) is 3.14. The number of rotatable bonds is 1. The van der Waals surface area contributed by atoms with Gasteiger partial charge in [-0.3, -0.25) is 0 Å². The number of halogens is 1. The average molecular weight is 287 g/mol. The van der Waals surface area contributed by atoms with Gasteiger partial charge >= 0.3 is 0 Å². The molecule has 15 heavy (non-hydrogen) atoms. The van der Waals surface area contributed by atoms with E-state index >= 15 is 0 Å². The van der Waals surface area contributed by atoms with Crippen molar-refractivity contribution in [3.63, 3.8) is 0 Å². The van der Waals surface area contributed by atoms with Gasteiger partial charge in [0.25, 0.3) is 0 Å². The van der Waals surface area contributed by atoms with Crippen molar-refractivity contribution in [2.45, 2.75) is 39.0 Å². The van der Waals surface area contributed by atoms with E-state index < -0.39 is 0 Å². The van der Waals surface area contributed by atoms with Gasteiger partial charge in [0.1, 0.15) is 10.5 Å². The summed E-state index contributed by atoms with van der Waals surface area (Å²) in [5.74, 6) is 2.47. The molecule has 1 N–H and O–H groups in total. The summed E-state index contributed by atoms with van der Waals surface area (Å²) in [4.78, 5) is 7.82.